The Hall–Kier alpha value is -2.49. The van der Waals surface area contributed by atoms with Crippen LogP contribution >= 0.6 is 0 Å². The summed E-state index contributed by atoms with van der Waals surface area (Å²) in [6, 6.07) is 13.3. The number of nitrogen functional groups attached to an aromatic ring is 1. The Kier molecular flexibility index (Phi) is 5.85. The number of aryl methyl sites for hydroxylation is 1. The summed E-state index contributed by atoms with van der Waals surface area (Å²) in [6.45, 7) is 7.98. The van der Waals surface area contributed by atoms with Crippen molar-refractivity contribution in [3.05, 3.63) is 53.6 Å². The third-order valence-corrected chi connectivity index (χ3v) is 4.25. The number of nitrogens with one attached hydrogen (secondary N) is 1. The van der Waals surface area contributed by atoms with Gasteiger partial charge in [-0.05, 0) is 55.5 Å². The van der Waals surface area contributed by atoms with Crippen LogP contribution < -0.4 is 15.8 Å². The van der Waals surface area contributed by atoms with E-state index in [-0.39, 0.29) is 5.91 Å². The van der Waals surface area contributed by atoms with Gasteiger partial charge >= 0.3 is 0 Å². The van der Waals surface area contributed by atoms with Gasteiger partial charge in [0.1, 0.15) is 5.75 Å². The summed E-state index contributed by atoms with van der Waals surface area (Å²) in [5.74, 6) is 0.953. The molecule has 2 aromatic carbocycles. The minimum Gasteiger partial charge on any atom is -0.481 e. The fraction of sp³-hybridized carbons (Fsp3) is 0.350. The molecular weight excluding hydrogens is 300 g/mol. The smallest absolute Gasteiger partial charge is 0.265 e. The van der Waals surface area contributed by atoms with Gasteiger partial charge < -0.3 is 15.8 Å². The van der Waals surface area contributed by atoms with Gasteiger partial charge in [-0.25, -0.2) is 0 Å². The van der Waals surface area contributed by atoms with Crippen molar-refractivity contribution in [1.82, 2.24) is 0 Å². The number of nitrogens with two attached hydrogens (primary N) is 1. The van der Waals surface area contributed by atoms with E-state index >= 15 is 0 Å². The highest BCUT2D eigenvalue weighted by Crippen LogP contribution is 2.29. The third kappa shape index (κ3) is 4.28. The van der Waals surface area contributed by atoms with Crippen molar-refractivity contribution in [3.63, 3.8) is 0 Å². The number of carbonyl (C=O) groups excluding carboxylic acids is 1. The lowest BCUT2D eigenvalue weighted by Gasteiger charge is -2.20. The lowest BCUT2D eigenvalue weighted by molar-refractivity contribution is -0.122. The van der Waals surface area contributed by atoms with E-state index in [0.717, 1.165) is 23.3 Å². The minimum atomic E-state index is -0.601. The molecule has 3 N–H and O–H groups in total. The molecule has 0 heterocycles. The fourth-order valence-corrected chi connectivity index (χ4v) is 2.47. The molecule has 1 amide bonds. The van der Waals surface area contributed by atoms with Crippen LogP contribution in [0.15, 0.2) is 42.5 Å². The van der Waals surface area contributed by atoms with Gasteiger partial charge in [-0.3, -0.25) is 4.79 Å². The summed E-state index contributed by atoms with van der Waals surface area (Å²) in [4.78, 5) is 12.5. The van der Waals surface area contributed by atoms with Crippen molar-refractivity contribution in [3.8, 4) is 5.75 Å². The first-order valence-corrected chi connectivity index (χ1v) is 8.35. The number of benzene rings is 2. The highest BCUT2D eigenvalue weighted by atomic mass is 16.5. The lowest BCUT2D eigenvalue weighted by Crippen LogP contribution is -2.30. The Morgan fingerprint density at radius 3 is 2.62 bits per heavy atom. The molecule has 0 aliphatic carbocycles. The average molecular weight is 326 g/mol. The summed E-state index contributed by atoms with van der Waals surface area (Å²) in [6.07, 6.45) is 0.416. The van der Waals surface area contributed by atoms with Crippen molar-refractivity contribution < 1.29 is 9.53 Å². The van der Waals surface area contributed by atoms with Crippen LogP contribution in [0.4, 0.5) is 11.4 Å². The molecule has 2 atom stereocenters. The van der Waals surface area contributed by atoms with Gasteiger partial charge in [-0.1, -0.05) is 38.1 Å². The average Bonchev–Trinajstić information content (AvgIpc) is 2.57. The number of hydrogen-bond donors (Lipinski definition) is 2. The van der Waals surface area contributed by atoms with E-state index in [1.54, 1.807) is 13.0 Å². The number of ether oxygens (including phenoxy) is 1. The van der Waals surface area contributed by atoms with E-state index in [4.69, 9.17) is 10.5 Å². The van der Waals surface area contributed by atoms with E-state index in [2.05, 4.69) is 25.2 Å². The molecule has 0 radical (unpaired) electrons. The molecule has 0 fully saturated rings. The standard InChI is InChI=1S/C20H26N2O2/c1-5-13(2)17-8-6-7-9-19(17)24-15(4)20(23)22-18-12-16(21)11-10-14(18)3/h6-13,15H,5,21H2,1-4H3,(H,22,23)/t13-,15+/m0/s1. The minimum absolute atomic E-state index is 0.192. The fourth-order valence-electron chi connectivity index (χ4n) is 2.47. The lowest BCUT2D eigenvalue weighted by atomic mass is 9.98. The molecule has 0 unspecified atom stereocenters. The van der Waals surface area contributed by atoms with E-state index in [1.165, 1.54) is 0 Å². The molecule has 4 heteroatoms. The van der Waals surface area contributed by atoms with Crippen LogP contribution in [-0.4, -0.2) is 12.0 Å². The Bertz CT molecular complexity index is 713. The second kappa shape index (κ2) is 7.86. The highest BCUT2D eigenvalue weighted by molar-refractivity contribution is 5.95. The van der Waals surface area contributed by atoms with Gasteiger partial charge in [0.05, 0.1) is 0 Å². The maximum atomic E-state index is 12.5. The first-order chi connectivity index (χ1) is 11.4. The van der Waals surface area contributed by atoms with Gasteiger partial charge in [0.15, 0.2) is 6.10 Å². The molecule has 4 nitrogen and oxygen atoms in total. The summed E-state index contributed by atoms with van der Waals surface area (Å²) < 4.78 is 5.93. The largest absolute Gasteiger partial charge is 0.481 e. The second-order valence-corrected chi connectivity index (χ2v) is 6.17. The SMILES string of the molecule is CC[C@H](C)c1ccccc1O[C@H](C)C(=O)Nc1cc(N)ccc1C. The van der Waals surface area contributed by atoms with E-state index < -0.39 is 6.10 Å². The Morgan fingerprint density at radius 1 is 1.21 bits per heavy atom. The van der Waals surface area contributed by atoms with Gasteiger partial charge in [0.2, 0.25) is 0 Å². The molecular formula is C20H26N2O2. The first-order valence-electron chi connectivity index (χ1n) is 8.35. The van der Waals surface area contributed by atoms with Crippen LogP contribution in [0.2, 0.25) is 0 Å². The first kappa shape index (κ1) is 17.9. The van der Waals surface area contributed by atoms with Crippen LogP contribution in [0.3, 0.4) is 0 Å². The molecule has 0 aromatic heterocycles. The summed E-state index contributed by atoms with van der Waals surface area (Å²) in [7, 11) is 0. The summed E-state index contributed by atoms with van der Waals surface area (Å²) >= 11 is 0. The molecule has 0 saturated heterocycles. The molecule has 0 aliphatic heterocycles. The van der Waals surface area contributed by atoms with E-state index in [9.17, 15) is 4.79 Å². The van der Waals surface area contributed by atoms with Crippen molar-refractivity contribution in [2.45, 2.75) is 46.1 Å². The molecule has 0 aliphatic rings. The topological polar surface area (TPSA) is 64.3 Å². The molecule has 0 bridgehead atoms. The van der Waals surface area contributed by atoms with Crippen LogP contribution in [0, 0.1) is 6.92 Å². The maximum absolute atomic E-state index is 12.5. The predicted molar refractivity (Wildman–Crippen MR) is 99.5 cm³/mol. The number of amides is 1. The maximum Gasteiger partial charge on any atom is 0.265 e. The van der Waals surface area contributed by atoms with E-state index in [1.807, 2.05) is 37.3 Å². The second-order valence-electron chi connectivity index (χ2n) is 6.17. The zero-order chi connectivity index (χ0) is 17.7. The number of hydrogen-bond acceptors (Lipinski definition) is 3. The molecule has 0 saturated carbocycles. The van der Waals surface area contributed by atoms with Gasteiger partial charge in [-0.2, -0.15) is 0 Å². The predicted octanol–water partition coefficient (Wildman–Crippen LogP) is 4.50. The van der Waals surface area contributed by atoms with Crippen molar-refractivity contribution in [1.29, 1.82) is 0 Å². The number of para-hydroxylation sites is 1. The monoisotopic (exact) mass is 326 g/mol. The van der Waals surface area contributed by atoms with Crippen molar-refractivity contribution in [2.75, 3.05) is 11.1 Å². The zero-order valence-corrected chi connectivity index (χ0v) is 14.8. The highest BCUT2D eigenvalue weighted by Gasteiger charge is 2.18. The Morgan fingerprint density at radius 2 is 1.92 bits per heavy atom. The van der Waals surface area contributed by atoms with Crippen LogP contribution in [0.25, 0.3) is 0 Å². The number of anilines is 2. The van der Waals surface area contributed by atoms with Crippen LogP contribution in [0.1, 0.15) is 44.2 Å². The van der Waals surface area contributed by atoms with Crippen LogP contribution in [-0.2, 0) is 4.79 Å². The quantitative estimate of drug-likeness (QED) is 0.768. The molecule has 2 rings (SSSR count). The molecule has 128 valence electrons. The van der Waals surface area contributed by atoms with Crippen molar-refractivity contribution >= 4 is 17.3 Å². The molecule has 0 spiro atoms. The van der Waals surface area contributed by atoms with Crippen LogP contribution in [0.5, 0.6) is 5.75 Å². The van der Waals surface area contributed by atoms with Gasteiger partial charge in [0, 0.05) is 11.4 Å². The van der Waals surface area contributed by atoms with E-state index in [0.29, 0.717) is 17.3 Å². The molecule has 2 aromatic rings. The normalized spacial score (nSPS) is 13.2. The van der Waals surface area contributed by atoms with Crippen molar-refractivity contribution in [2.24, 2.45) is 0 Å². The summed E-state index contributed by atoms with van der Waals surface area (Å²) in [5, 5.41) is 2.89. The zero-order valence-electron chi connectivity index (χ0n) is 14.8. The third-order valence-electron chi connectivity index (χ3n) is 4.25. The van der Waals surface area contributed by atoms with Gasteiger partial charge in [-0.15, -0.1) is 0 Å². The van der Waals surface area contributed by atoms with Gasteiger partial charge in [0.25, 0.3) is 5.91 Å². The molecule has 24 heavy (non-hydrogen) atoms. The number of rotatable bonds is 6. The summed E-state index contributed by atoms with van der Waals surface area (Å²) in [5.41, 5.74) is 9.21. The number of carbonyl (C=O) groups is 1. The Balaban J connectivity index is 2.11. The Labute approximate surface area is 144 Å².